The number of benzene rings is 1. The second-order valence-electron chi connectivity index (χ2n) is 4.17. The van der Waals surface area contributed by atoms with E-state index in [1.54, 1.807) is 0 Å². The zero-order chi connectivity index (χ0) is 15.3. The van der Waals surface area contributed by atoms with Crippen LogP contribution in [0.5, 0.6) is 0 Å². The van der Waals surface area contributed by atoms with Crippen LogP contribution in [0.2, 0.25) is 5.02 Å². The lowest BCUT2D eigenvalue weighted by molar-refractivity contribution is -0.384. The molecule has 0 aliphatic rings. The highest BCUT2D eigenvalue weighted by Crippen LogP contribution is 2.30. The van der Waals surface area contributed by atoms with Crippen molar-refractivity contribution in [1.82, 2.24) is 0 Å². The van der Waals surface area contributed by atoms with Crippen molar-refractivity contribution in [3.63, 3.8) is 0 Å². The fourth-order valence-electron chi connectivity index (χ4n) is 1.61. The van der Waals surface area contributed by atoms with Crippen LogP contribution in [0.3, 0.4) is 0 Å². The molecule has 1 N–H and O–H groups in total. The molecule has 1 rings (SSSR count). The predicted molar refractivity (Wildman–Crippen MR) is 72.7 cm³/mol. The molecule has 0 spiro atoms. The molecule has 0 aromatic heterocycles. The SMILES string of the molecule is CC(CN(CC#N)c1ccc([N+](=O)[O-])cc1Cl)C(=O)O. The number of non-ortho nitro benzene ring substituents is 1. The molecule has 106 valence electrons. The largest absolute Gasteiger partial charge is 0.481 e. The third-order valence-electron chi connectivity index (χ3n) is 2.66. The molecule has 1 aromatic carbocycles. The smallest absolute Gasteiger partial charge is 0.308 e. The van der Waals surface area contributed by atoms with Gasteiger partial charge in [-0.1, -0.05) is 18.5 Å². The maximum absolute atomic E-state index is 10.9. The zero-order valence-corrected chi connectivity index (χ0v) is 11.4. The van der Waals surface area contributed by atoms with E-state index in [1.165, 1.54) is 30.0 Å². The highest BCUT2D eigenvalue weighted by Gasteiger charge is 2.19. The normalized spacial score (nSPS) is 11.4. The van der Waals surface area contributed by atoms with Crippen molar-refractivity contribution in [1.29, 1.82) is 5.26 Å². The number of carbonyl (C=O) groups is 1. The average Bonchev–Trinajstić information content (AvgIpc) is 2.37. The van der Waals surface area contributed by atoms with Gasteiger partial charge in [0.1, 0.15) is 6.54 Å². The van der Waals surface area contributed by atoms with Gasteiger partial charge in [-0.3, -0.25) is 14.9 Å². The Morgan fingerprint density at radius 1 is 1.65 bits per heavy atom. The van der Waals surface area contributed by atoms with Crippen LogP contribution in [0.4, 0.5) is 11.4 Å². The number of aliphatic carboxylic acids is 1. The van der Waals surface area contributed by atoms with Gasteiger partial charge in [-0.05, 0) is 6.07 Å². The Bertz CT molecular complexity index is 570. The second kappa shape index (κ2) is 6.73. The first-order chi connectivity index (χ1) is 9.36. The number of hydrogen-bond donors (Lipinski definition) is 1. The number of nitro groups is 1. The van der Waals surface area contributed by atoms with Crippen molar-refractivity contribution in [3.8, 4) is 6.07 Å². The van der Waals surface area contributed by atoms with Crippen LogP contribution in [-0.2, 0) is 4.79 Å². The van der Waals surface area contributed by atoms with Crippen LogP contribution in [0.25, 0.3) is 0 Å². The molecule has 1 aromatic rings. The molecule has 0 radical (unpaired) electrons. The zero-order valence-electron chi connectivity index (χ0n) is 10.6. The maximum atomic E-state index is 10.9. The molecule has 0 aliphatic carbocycles. The molecule has 0 aliphatic heterocycles. The molecule has 0 amide bonds. The lowest BCUT2D eigenvalue weighted by Gasteiger charge is -2.24. The van der Waals surface area contributed by atoms with E-state index in [2.05, 4.69) is 0 Å². The number of hydrogen-bond acceptors (Lipinski definition) is 5. The van der Waals surface area contributed by atoms with Crippen LogP contribution in [-0.4, -0.2) is 29.1 Å². The first-order valence-electron chi connectivity index (χ1n) is 5.65. The summed E-state index contributed by atoms with van der Waals surface area (Å²) in [6.07, 6.45) is 0. The number of nitrogens with zero attached hydrogens (tertiary/aromatic N) is 3. The molecular formula is C12H12ClN3O4. The first kappa shape index (κ1) is 15.7. The Hall–Kier alpha value is -2.33. The standard InChI is InChI=1S/C12H12ClN3O4/c1-8(12(17)18)7-15(5-4-14)11-3-2-9(16(19)20)6-10(11)13/h2-3,6,8H,5,7H2,1H3,(H,17,18). The van der Waals surface area contributed by atoms with E-state index in [9.17, 15) is 14.9 Å². The Kier molecular flexibility index (Phi) is 5.29. The fourth-order valence-corrected chi connectivity index (χ4v) is 1.90. The molecule has 0 fully saturated rings. The summed E-state index contributed by atoms with van der Waals surface area (Å²) in [7, 11) is 0. The van der Waals surface area contributed by atoms with Crippen molar-refractivity contribution < 1.29 is 14.8 Å². The van der Waals surface area contributed by atoms with E-state index in [4.69, 9.17) is 22.0 Å². The molecule has 1 atom stereocenters. The summed E-state index contributed by atoms with van der Waals surface area (Å²) in [4.78, 5) is 22.4. The molecule has 0 bridgehead atoms. The van der Waals surface area contributed by atoms with Gasteiger partial charge >= 0.3 is 5.97 Å². The summed E-state index contributed by atoms with van der Waals surface area (Å²) >= 11 is 5.96. The van der Waals surface area contributed by atoms with Crippen molar-refractivity contribution in [2.75, 3.05) is 18.0 Å². The molecule has 0 saturated heterocycles. The van der Waals surface area contributed by atoms with Crippen LogP contribution < -0.4 is 4.90 Å². The molecule has 8 heteroatoms. The maximum Gasteiger partial charge on any atom is 0.308 e. The van der Waals surface area contributed by atoms with Gasteiger partial charge in [0.15, 0.2) is 0 Å². The molecule has 1 unspecified atom stereocenters. The summed E-state index contributed by atoms with van der Waals surface area (Å²) in [6, 6.07) is 5.76. The monoisotopic (exact) mass is 297 g/mol. The van der Waals surface area contributed by atoms with Gasteiger partial charge in [0.25, 0.3) is 5.69 Å². The Morgan fingerprint density at radius 3 is 2.75 bits per heavy atom. The van der Waals surface area contributed by atoms with Crippen LogP contribution in [0.1, 0.15) is 6.92 Å². The quantitative estimate of drug-likeness (QED) is 0.490. The van der Waals surface area contributed by atoms with Crippen molar-refractivity contribution in [2.45, 2.75) is 6.92 Å². The lowest BCUT2D eigenvalue weighted by Crippen LogP contribution is -2.32. The van der Waals surface area contributed by atoms with Gasteiger partial charge in [0.05, 0.1) is 27.6 Å². The van der Waals surface area contributed by atoms with Crippen molar-refractivity contribution in [3.05, 3.63) is 33.3 Å². The van der Waals surface area contributed by atoms with Gasteiger partial charge in [-0.25, -0.2) is 0 Å². The van der Waals surface area contributed by atoms with Crippen LogP contribution >= 0.6 is 11.6 Å². The van der Waals surface area contributed by atoms with E-state index in [-0.39, 0.29) is 23.8 Å². The summed E-state index contributed by atoms with van der Waals surface area (Å²) in [5, 5.41) is 28.4. The summed E-state index contributed by atoms with van der Waals surface area (Å²) in [5.74, 6) is -1.69. The van der Waals surface area contributed by atoms with Gasteiger partial charge in [-0.2, -0.15) is 5.26 Å². The highest BCUT2D eigenvalue weighted by atomic mass is 35.5. The van der Waals surface area contributed by atoms with E-state index in [1.807, 2.05) is 6.07 Å². The lowest BCUT2D eigenvalue weighted by atomic mass is 10.1. The Balaban J connectivity index is 3.06. The summed E-state index contributed by atoms with van der Waals surface area (Å²) in [6.45, 7) is 1.53. The number of carboxylic acids is 1. The minimum atomic E-state index is -0.994. The van der Waals surface area contributed by atoms with Gasteiger partial charge in [-0.15, -0.1) is 0 Å². The van der Waals surface area contributed by atoms with E-state index in [0.717, 1.165) is 0 Å². The summed E-state index contributed by atoms with van der Waals surface area (Å²) in [5.41, 5.74) is 0.230. The predicted octanol–water partition coefficient (Wildman–Crippen LogP) is 2.30. The van der Waals surface area contributed by atoms with Gasteiger partial charge in [0.2, 0.25) is 0 Å². The minimum absolute atomic E-state index is 0.0604. The average molecular weight is 298 g/mol. The molecule has 0 saturated carbocycles. The van der Waals surface area contributed by atoms with Crippen LogP contribution in [0.15, 0.2) is 18.2 Å². The Labute approximate surface area is 120 Å². The third kappa shape index (κ3) is 3.83. The number of rotatable bonds is 6. The topological polar surface area (TPSA) is 107 Å². The van der Waals surface area contributed by atoms with E-state index in [0.29, 0.717) is 5.69 Å². The molecule has 20 heavy (non-hydrogen) atoms. The number of nitriles is 1. The van der Waals surface area contributed by atoms with Gasteiger partial charge < -0.3 is 10.0 Å². The highest BCUT2D eigenvalue weighted by molar-refractivity contribution is 6.33. The fraction of sp³-hybridized carbons (Fsp3) is 0.333. The molecule has 7 nitrogen and oxygen atoms in total. The second-order valence-corrected chi connectivity index (χ2v) is 4.58. The van der Waals surface area contributed by atoms with E-state index >= 15 is 0 Å². The van der Waals surface area contributed by atoms with E-state index < -0.39 is 16.8 Å². The molecular weight excluding hydrogens is 286 g/mol. The number of halogens is 1. The Morgan fingerprint density at radius 2 is 2.30 bits per heavy atom. The van der Waals surface area contributed by atoms with Crippen LogP contribution in [0, 0.1) is 27.4 Å². The molecule has 0 heterocycles. The number of anilines is 1. The number of carboxylic acid groups (broad SMARTS) is 1. The third-order valence-corrected chi connectivity index (χ3v) is 2.96. The first-order valence-corrected chi connectivity index (χ1v) is 6.03. The van der Waals surface area contributed by atoms with Gasteiger partial charge in [0, 0.05) is 18.7 Å². The van der Waals surface area contributed by atoms with Crippen molar-refractivity contribution >= 4 is 28.9 Å². The minimum Gasteiger partial charge on any atom is -0.481 e. The van der Waals surface area contributed by atoms with Crippen molar-refractivity contribution in [2.24, 2.45) is 5.92 Å². The number of nitro benzene ring substituents is 1. The summed E-state index contributed by atoms with van der Waals surface area (Å²) < 4.78 is 0.